The van der Waals surface area contributed by atoms with Crippen molar-refractivity contribution in [3.63, 3.8) is 0 Å². The zero-order valence-corrected chi connectivity index (χ0v) is 49.4. The quantitative estimate of drug-likeness (QED) is 0.0717. The van der Waals surface area contributed by atoms with Crippen molar-refractivity contribution in [1.82, 2.24) is 35.6 Å². The Bertz CT molecular complexity index is 1660. The summed E-state index contributed by atoms with van der Waals surface area (Å²) in [5, 5.41) is 11.9. The Morgan fingerprint density at radius 1 is 0.521 bits per heavy atom. The zero-order valence-electron chi connectivity index (χ0n) is 42.4. The molecule has 6 rings (SSSR count). The highest BCUT2D eigenvalue weighted by molar-refractivity contribution is 8.77. The first-order chi connectivity index (χ1) is 35.6. The highest BCUT2D eigenvalue weighted by Crippen LogP contribution is 2.40. The molecule has 3 N–H and O–H groups in total. The topological polar surface area (TPSA) is 136 Å². The molecule has 0 saturated carbocycles. The number of hydrogen-bond acceptors (Lipinski definition) is 13. The van der Waals surface area contributed by atoms with Gasteiger partial charge >= 0.3 is 17.1 Å². The molecule has 0 bridgehead atoms. The minimum absolute atomic E-state index is 0.0545. The molecular weight excluding hydrogens is 1110 g/mol. The summed E-state index contributed by atoms with van der Waals surface area (Å²) in [6.07, 6.45) is 13.2. The lowest BCUT2D eigenvalue weighted by Crippen LogP contribution is -2.49. The van der Waals surface area contributed by atoms with E-state index in [1.54, 1.807) is 14.7 Å². The fraction of sp³-hybridized carbons (Fsp3) is 0.680. The predicted octanol–water partition coefficient (Wildman–Crippen LogP) is 11.4. The van der Waals surface area contributed by atoms with Crippen LogP contribution in [0.3, 0.4) is 0 Å². The Labute approximate surface area is 477 Å². The third kappa shape index (κ3) is 32.9. The average molecular weight is 1190 g/mol. The van der Waals surface area contributed by atoms with Gasteiger partial charge in [-0.1, -0.05) is 123 Å². The van der Waals surface area contributed by atoms with Gasteiger partial charge in [0.1, 0.15) is 13.2 Å². The minimum Gasteiger partial charge on any atom is -0.445 e. The van der Waals surface area contributed by atoms with Gasteiger partial charge in [-0.3, -0.25) is 9.59 Å². The van der Waals surface area contributed by atoms with Crippen molar-refractivity contribution in [3.05, 3.63) is 71.8 Å². The first-order valence-electron chi connectivity index (χ1n) is 25.8. The molecule has 73 heavy (non-hydrogen) atoms. The van der Waals surface area contributed by atoms with Crippen LogP contribution in [-0.2, 0) is 32.3 Å². The SMILES string of the molecule is ClB(Cl)Cl.ClCCl.O=C(CCCCC1CCSS1)N1CCCCCNCCNCC1.O=C(CCCCC1CCSS1)N1CCN(C(=O)OCc2ccccc2)CCNCCN(C(=O)OCc2ccccc2)CC1. The number of unbranched alkanes of at least 4 members (excludes halogenated alkanes) is 2. The number of carbonyl (C=O) groups is 4. The molecule has 412 valence electrons. The van der Waals surface area contributed by atoms with E-state index < -0.39 is 17.1 Å². The maximum atomic E-state index is 13.4. The van der Waals surface area contributed by atoms with Crippen molar-refractivity contribution < 1.29 is 28.7 Å². The fourth-order valence-electron chi connectivity index (χ4n) is 8.08. The molecule has 0 aliphatic carbocycles. The average Bonchev–Trinajstić information content (AvgIpc) is 4.12. The normalized spacial score (nSPS) is 19.3. The van der Waals surface area contributed by atoms with Crippen molar-refractivity contribution in [1.29, 1.82) is 0 Å². The Balaban J connectivity index is 0.000000391. The van der Waals surface area contributed by atoms with Gasteiger partial charge in [0.05, 0.1) is 5.34 Å². The molecule has 0 spiro atoms. The van der Waals surface area contributed by atoms with Gasteiger partial charge in [0, 0.05) is 120 Å². The first-order valence-corrected chi connectivity index (χ1v) is 32.9. The zero-order chi connectivity index (χ0) is 52.6. The lowest BCUT2D eigenvalue weighted by atomic mass is 10.1. The molecule has 2 aromatic rings. The Kier molecular flexibility index (Phi) is 39.5. The molecule has 4 fully saturated rings. The molecule has 4 saturated heterocycles. The number of carbonyl (C=O) groups excluding carboxylic acids is 4. The number of halogens is 5. The van der Waals surface area contributed by atoms with Gasteiger partial charge in [0.2, 0.25) is 11.8 Å². The van der Waals surface area contributed by atoms with Crippen molar-refractivity contribution in [2.45, 2.75) is 107 Å². The highest BCUT2D eigenvalue weighted by atomic mass is 35.6. The van der Waals surface area contributed by atoms with Crippen LogP contribution in [0.1, 0.15) is 94.6 Å². The number of nitrogens with one attached hydrogen (secondary N) is 3. The van der Waals surface area contributed by atoms with E-state index in [1.807, 2.05) is 93.0 Å². The largest absolute Gasteiger partial charge is 0.450 e. The summed E-state index contributed by atoms with van der Waals surface area (Å²) >= 11 is 23.9. The van der Waals surface area contributed by atoms with Crippen molar-refractivity contribution in [2.24, 2.45) is 0 Å². The van der Waals surface area contributed by atoms with Crippen LogP contribution in [0.2, 0.25) is 0 Å². The van der Waals surface area contributed by atoms with Crippen molar-refractivity contribution >= 4 is 130 Å². The lowest BCUT2D eigenvalue weighted by Gasteiger charge is -2.31. The molecule has 4 heterocycles. The van der Waals surface area contributed by atoms with E-state index in [0.29, 0.717) is 69.9 Å². The van der Waals surface area contributed by atoms with E-state index >= 15 is 0 Å². The summed E-state index contributed by atoms with van der Waals surface area (Å²) in [5.41, 5.74) is 1.85. The van der Waals surface area contributed by atoms with Gasteiger partial charge in [-0.2, -0.15) is 34.4 Å². The second-order valence-electron chi connectivity index (χ2n) is 17.6. The van der Waals surface area contributed by atoms with Crippen LogP contribution in [-0.4, -0.2) is 168 Å². The summed E-state index contributed by atoms with van der Waals surface area (Å²) in [6, 6.07) is 19.2. The molecule has 0 aromatic heterocycles. The van der Waals surface area contributed by atoms with Gasteiger partial charge in [0.25, 0.3) is 0 Å². The molecule has 0 radical (unpaired) electrons. The van der Waals surface area contributed by atoms with Crippen LogP contribution in [0.5, 0.6) is 0 Å². The fourth-order valence-corrected chi connectivity index (χ4v) is 14.1. The molecule has 2 unspecified atom stereocenters. The van der Waals surface area contributed by atoms with Crippen LogP contribution >= 0.6 is 101 Å². The molecular formula is C50H79BCl5N7O6S4. The molecule has 23 heteroatoms. The number of nitrogens with zero attached hydrogens (tertiary/aromatic N) is 4. The summed E-state index contributed by atoms with van der Waals surface area (Å²) < 4.78 is 11.2. The summed E-state index contributed by atoms with van der Waals surface area (Å²) in [4.78, 5) is 58.4. The standard InChI is InChI=1S/C32H44N4O5S2.C17H33N3OS2.CH2Cl2.BCl3/c37-30(14-8-7-13-29-15-24-42-43-29)34-20-22-35(31(38)40-25-27-9-3-1-4-10-27)18-16-33-17-19-36(23-21-34)32(39)41-26-28-11-5-2-6-12-28;21-17(7-3-2-6-16-8-15-22-23-16)20-13-5-1-4-9-18-10-11-19-12-14-20;2-1-3;2-1(3)4/h1-6,9-12,29,33H,7-8,13-26H2;16,18-19H,1-15H2;1H2;. The van der Waals surface area contributed by atoms with E-state index in [0.717, 1.165) is 94.2 Å². The van der Waals surface area contributed by atoms with Crippen LogP contribution in [0.4, 0.5) is 9.59 Å². The maximum Gasteiger partial charge on any atom is 0.450 e. The lowest BCUT2D eigenvalue weighted by molar-refractivity contribution is -0.132. The molecule has 13 nitrogen and oxygen atoms in total. The van der Waals surface area contributed by atoms with E-state index in [2.05, 4.69) is 31.6 Å². The number of alkyl halides is 2. The maximum absolute atomic E-state index is 13.4. The third-order valence-electron chi connectivity index (χ3n) is 12.1. The smallest absolute Gasteiger partial charge is 0.445 e. The summed E-state index contributed by atoms with van der Waals surface area (Å²) in [5.74, 6) is 2.95. The van der Waals surface area contributed by atoms with Gasteiger partial charge in [-0.25, -0.2) is 9.59 Å². The van der Waals surface area contributed by atoms with Crippen molar-refractivity contribution in [3.8, 4) is 0 Å². The molecule has 4 amide bonds. The van der Waals surface area contributed by atoms with E-state index in [1.165, 1.54) is 50.0 Å². The minimum atomic E-state index is -0.750. The Morgan fingerprint density at radius 3 is 1.36 bits per heavy atom. The van der Waals surface area contributed by atoms with Gasteiger partial charge in [0.15, 0.2) is 0 Å². The number of ether oxygens (including phenoxy) is 2. The van der Waals surface area contributed by atoms with Crippen molar-refractivity contribution in [2.75, 3.05) is 108 Å². The number of hydrogen-bond donors (Lipinski definition) is 3. The number of benzene rings is 2. The van der Waals surface area contributed by atoms with Gasteiger partial charge < -0.3 is 45.0 Å². The molecule has 4 aliphatic heterocycles. The van der Waals surface area contributed by atoms with E-state index in [9.17, 15) is 19.2 Å². The third-order valence-corrected chi connectivity index (χ3v) is 18.1. The predicted molar refractivity (Wildman–Crippen MR) is 316 cm³/mol. The van der Waals surface area contributed by atoms with Crippen LogP contribution < -0.4 is 16.0 Å². The summed E-state index contributed by atoms with van der Waals surface area (Å²) in [6.45, 7) is 9.68. The second kappa shape index (κ2) is 43.7. The molecule has 2 atom stereocenters. The monoisotopic (exact) mass is 1190 g/mol. The van der Waals surface area contributed by atoms with Gasteiger partial charge in [-0.05, 0) is 69.0 Å². The number of amides is 4. The first kappa shape index (κ1) is 66.0. The molecule has 4 aliphatic rings. The van der Waals surface area contributed by atoms with Crippen LogP contribution in [0, 0.1) is 0 Å². The van der Waals surface area contributed by atoms with E-state index in [4.69, 9.17) is 67.1 Å². The highest BCUT2D eigenvalue weighted by Gasteiger charge is 2.24. The summed E-state index contributed by atoms with van der Waals surface area (Å²) in [7, 11) is 7.97. The van der Waals surface area contributed by atoms with Gasteiger partial charge in [-0.15, -0.1) is 23.2 Å². The van der Waals surface area contributed by atoms with Crippen LogP contribution in [0.15, 0.2) is 60.7 Å². The Hall–Kier alpha value is -1.29. The number of rotatable bonds is 14. The van der Waals surface area contributed by atoms with Crippen LogP contribution in [0.25, 0.3) is 0 Å². The Morgan fingerprint density at radius 2 is 0.918 bits per heavy atom. The molecule has 2 aromatic carbocycles. The second-order valence-corrected chi connectivity index (χ2v) is 26.0. The van der Waals surface area contributed by atoms with E-state index in [-0.39, 0.29) is 24.5 Å².